The number of benzene rings is 1. The van der Waals surface area contributed by atoms with Crippen molar-refractivity contribution in [2.24, 2.45) is 0 Å². The Morgan fingerprint density at radius 2 is 2.11 bits per heavy atom. The number of non-ortho nitro benzene ring substituents is 1. The molecule has 6 heteroatoms. The molecule has 0 saturated heterocycles. The zero-order valence-corrected chi connectivity index (χ0v) is 10.7. The highest BCUT2D eigenvalue weighted by molar-refractivity contribution is 5.64. The van der Waals surface area contributed by atoms with Gasteiger partial charge in [-0.15, -0.1) is 0 Å². The van der Waals surface area contributed by atoms with Crippen LogP contribution in [0.4, 0.5) is 17.1 Å². The molecule has 0 fully saturated rings. The number of aliphatic hydroxyl groups is 1. The first-order valence-corrected chi connectivity index (χ1v) is 5.95. The fraction of sp³-hybridized carbons (Fsp3) is 0.500. The number of nitro benzene ring substituents is 1. The minimum atomic E-state index is -0.409. The minimum Gasteiger partial charge on any atom is -0.395 e. The molecule has 18 heavy (non-hydrogen) atoms. The monoisotopic (exact) mass is 253 g/mol. The van der Waals surface area contributed by atoms with Gasteiger partial charge in [-0.05, 0) is 12.5 Å². The minimum absolute atomic E-state index is 0.0254. The van der Waals surface area contributed by atoms with Crippen LogP contribution < -0.4 is 10.2 Å². The molecule has 0 aliphatic heterocycles. The Labute approximate surface area is 106 Å². The van der Waals surface area contributed by atoms with Crippen molar-refractivity contribution in [1.29, 1.82) is 0 Å². The number of rotatable bonds is 7. The third kappa shape index (κ3) is 3.59. The average molecular weight is 253 g/mol. The summed E-state index contributed by atoms with van der Waals surface area (Å²) in [7, 11) is 1.72. The zero-order chi connectivity index (χ0) is 13.5. The zero-order valence-electron chi connectivity index (χ0n) is 10.7. The molecular weight excluding hydrogens is 234 g/mol. The molecule has 1 rings (SSSR count). The quantitative estimate of drug-likeness (QED) is 0.572. The van der Waals surface area contributed by atoms with E-state index >= 15 is 0 Å². The molecule has 1 aromatic rings. The topological polar surface area (TPSA) is 78.6 Å². The lowest BCUT2D eigenvalue weighted by atomic mass is 10.2. The van der Waals surface area contributed by atoms with Crippen molar-refractivity contribution >= 4 is 17.1 Å². The SMILES string of the molecule is CCCN(CCO)c1cc(NC)cc([N+](=O)[O-])c1. The van der Waals surface area contributed by atoms with E-state index in [9.17, 15) is 10.1 Å². The molecule has 0 heterocycles. The van der Waals surface area contributed by atoms with Gasteiger partial charge in [0.2, 0.25) is 0 Å². The van der Waals surface area contributed by atoms with Crippen LogP contribution in [0.5, 0.6) is 0 Å². The molecule has 0 atom stereocenters. The van der Waals surface area contributed by atoms with E-state index < -0.39 is 4.92 Å². The van der Waals surface area contributed by atoms with E-state index in [1.54, 1.807) is 7.05 Å². The van der Waals surface area contributed by atoms with Crippen LogP contribution in [0, 0.1) is 10.1 Å². The molecular formula is C12H19N3O3. The molecule has 2 N–H and O–H groups in total. The molecule has 0 unspecified atom stereocenters. The van der Waals surface area contributed by atoms with Gasteiger partial charge in [-0.1, -0.05) is 6.92 Å². The van der Waals surface area contributed by atoms with Crippen molar-refractivity contribution in [1.82, 2.24) is 0 Å². The Kier molecular flexibility index (Phi) is 5.38. The molecule has 0 aromatic heterocycles. The number of nitrogens with zero attached hydrogens (tertiary/aromatic N) is 2. The summed E-state index contributed by atoms with van der Waals surface area (Å²) in [6.07, 6.45) is 0.914. The lowest BCUT2D eigenvalue weighted by Crippen LogP contribution is -2.27. The number of hydrogen-bond acceptors (Lipinski definition) is 5. The molecule has 1 aromatic carbocycles. The summed E-state index contributed by atoms with van der Waals surface area (Å²) in [5.74, 6) is 0. The van der Waals surface area contributed by atoms with Gasteiger partial charge in [0.15, 0.2) is 0 Å². The first-order valence-electron chi connectivity index (χ1n) is 5.95. The number of anilines is 2. The fourth-order valence-electron chi connectivity index (χ4n) is 1.79. The maximum Gasteiger partial charge on any atom is 0.273 e. The van der Waals surface area contributed by atoms with Crippen LogP contribution >= 0.6 is 0 Å². The largest absolute Gasteiger partial charge is 0.395 e. The van der Waals surface area contributed by atoms with E-state index in [0.717, 1.165) is 18.7 Å². The highest BCUT2D eigenvalue weighted by Crippen LogP contribution is 2.26. The number of nitro groups is 1. The van der Waals surface area contributed by atoms with Crippen LogP contribution in [-0.2, 0) is 0 Å². The van der Waals surface area contributed by atoms with Gasteiger partial charge in [-0.3, -0.25) is 10.1 Å². The fourth-order valence-corrected chi connectivity index (χ4v) is 1.79. The third-order valence-corrected chi connectivity index (χ3v) is 2.63. The van der Waals surface area contributed by atoms with Gasteiger partial charge in [0.1, 0.15) is 0 Å². The van der Waals surface area contributed by atoms with E-state index in [2.05, 4.69) is 5.32 Å². The van der Waals surface area contributed by atoms with Gasteiger partial charge in [-0.2, -0.15) is 0 Å². The first kappa shape index (κ1) is 14.2. The van der Waals surface area contributed by atoms with Crippen molar-refractivity contribution in [3.63, 3.8) is 0 Å². The Balaban J connectivity index is 3.11. The van der Waals surface area contributed by atoms with E-state index in [1.165, 1.54) is 12.1 Å². The van der Waals surface area contributed by atoms with E-state index in [4.69, 9.17) is 5.11 Å². The molecule has 100 valence electrons. The van der Waals surface area contributed by atoms with Crippen molar-refractivity contribution in [2.75, 3.05) is 37.0 Å². The van der Waals surface area contributed by atoms with Gasteiger partial charge in [0.05, 0.1) is 11.5 Å². The smallest absolute Gasteiger partial charge is 0.273 e. The summed E-state index contributed by atoms with van der Waals surface area (Å²) >= 11 is 0. The average Bonchev–Trinajstić information content (AvgIpc) is 2.37. The lowest BCUT2D eigenvalue weighted by molar-refractivity contribution is -0.384. The van der Waals surface area contributed by atoms with Gasteiger partial charge >= 0.3 is 0 Å². The Morgan fingerprint density at radius 3 is 2.61 bits per heavy atom. The van der Waals surface area contributed by atoms with Crippen LogP contribution in [0.15, 0.2) is 18.2 Å². The summed E-state index contributed by atoms with van der Waals surface area (Å²) in [5.41, 5.74) is 1.50. The Hall–Kier alpha value is -1.82. The van der Waals surface area contributed by atoms with Gasteiger partial charge in [-0.25, -0.2) is 0 Å². The number of nitrogens with one attached hydrogen (secondary N) is 1. The van der Waals surface area contributed by atoms with Crippen LogP contribution in [-0.4, -0.2) is 36.8 Å². The molecule has 0 aliphatic carbocycles. The third-order valence-electron chi connectivity index (χ3n) is 2.63. The predicted octanol–water partition coefficient (Wildman–Crippen LogP) is 1.85. The van der Waals surface area contributed by atoms with Gasteiger partial charge in [0, 0.05) is 43.6 Å². The van der Waals surface area contributed by atoms with Gasteiger partial charge < -0.3 is 15.3 Å². The summed E-state index contributed by atoms with van der Waals surface area (Å²) in [4.78, 5) is 12.4. The normalized spacial score (nSPS) is 10.2. The summed E-state index contributed by atoms with van der Waals surface area (Å²) in [6, 6.07) is 4.87. The van der Waals surface area contributed by atoms with Crippen molar-refractivity contribution in [3.05, 3.63) is 28.3 Å². The summed E-state index contributed by atoms with van der Waals surface area (Å²) < 4.78 is 0. The second kappa shape index (κ2) is 6.80. The molecule has 0 spiro atoms. The second-order valence-electron chi connectivity index (χ2n) is 3.96. The maximum atomic E-state index is 10.9. The predicted molar refractivity (Wildman–Crippen MR) is 72.2 cm³/mol. The van der Waals surface area contributed by atoms with Crippen molar-refractivity contribution in [2.45, 2.75) is 13.3 Å². The Bertz CT molecular complexity index is 404. The first-order chi connectivity index (χ1) is 8.62. The molecule has 0 radical (unpaired) electrons. The van der Waals surface area contributed by atoms with E-state index in [-0.39, 0.29) is 12.3 Å². The van der Waals surface area contributed by atoms with Gasteiger partial charge in [0.25, 0.3) is 5.69 Å². The highest BCUT2D eigenvalue weighted by atomic mass is 16.6. The second-order valence-corrected chi connectivity index (χ2v) is 3.96. The highest BCUT2D eigenvalue weighted by Gasteiger charge is 2.13. The molecule has 0 amide bonds. The molecule has 0 aliphatic rings. The van der Waals surface area contributed by atoms with Crippen LogP contribution in [0.25, 0.3) is 0 Å². The van der Waals surface area contributed by atoms with Crippen molar-refractivity contribution in [3.8, 4) is 0 Å². The maximum absolute atomic E-state index is 10.9. The summed E-state index contributed by atoms with van der Waals surface area (Å²) in [5, 5.41) is 22.8. The van der Waals surface area contributed by atoms with Crippen molar-refractivity contribution < 1.29 is 10.0 Å². The lowest BCUT2D eigenvalue weighted by Gasteiger charge is -2.23. The molecule has 6 nitrogen and oxygen atoms in total. The molecule has 0 saturated carbocycles. The van der Waals surface area contributed by atoms with Crippen LogP contribution in [0.2, 0.25) is 0 Å². The molecule has 0 bridgehead atoms. The number of aliphatic hydroxyl groups excluding tert-OH is 1. The number of hydrogen-bond donors (Lipinski definition) is 2. The summed E-state index contributed by atoms with van der Waals surface area (Å²) in [6.45, 7) is 3.28. The van der Waals surface area contributed by atoms with Crippen LogP contribution in [0.3, 0.4) is 0 Å². The Morgan fingerprint density at radius 1 is 1.39 bits per heavy atom. The van der Waals surface area contributed by atoms with E-state index in [1.807, 2.05) is 17.9 Å². The van der Waals surface area contributed by atoms with E-state index in [0.29, 0.717) is 12.2 Å². The van der Waals surface area contributed by atoms with Crippen LogP contribution in [0.1, 0.15) is 13.3 Å². The standard InChI is InChI=1S/C12H19N3O3/c1-3-4-14(5-6-16)11-7-10(13-2)8-12(9-11)15(17)18/h7-9,13,16H,3-6H2,1-2H3.